The Morgan fingerprint density at radius 1 is 1.15 bits per heavy atom. The predicted molar refractivity (Wildman–Crippen MR) is 101 cm³/mol. The molecule has 2 aromatic rings. The molecule has 0 unspecified atom stereocenters. The largest absolute Gasteiger partial charge is 0.300 e. The van der Waals surface area contributed by atoms with Crippen molar-refractivity contribution < 1.29 is 9.72 Å². The number of aromatic nitrogens is 2. The summed E-state index contributed by atoms with van der Waals surface area (Å²) in [6, 6.07) is 6.31. The van der Waals surface area contributed by atoms with E-state index >= 15 is 0 Å². The average molecular weight is 384 g/mol. The van der Waals surface area contributed by atoms with Crippen molar-refractivity contribution in [3.63, 3.8) is 0 Å². The number of nitro groups is 1. The van der Waals surface area contributed by atoms with Gasteiger partial charge in [0.25, 0.3) is 5.69 Å². The Bertz CT molecular complexity index is 890. The van der Waals surface area contributed by atoms with Gasteiger partial charge in [0.15, 0.2) is 0 Å². The number of anilines is 1. The minimum Gasteiger partial charge on any atom is -0.300 e. The monoisotopic (exact) mass is 384 g/mol. The maximum Gasteiger partial charge on any atom is 0.270 e. The van der Waals surface area contributed by atoms with Crippen LogP contribution in [0.2, 0.25) is 0 Å². The molecule has 0 atom stereocenters. The molecular weight excluding hydrogens is 364 g/mol. The first kappa shape index (κ1) is 16.8. The normalized spacial score (nSPS) is 31.0. The van der Waals surface area contributed by atoms with E-state index < -0.39 is 4.92 Å². The number of nitro benzene ring substituents is 1. The van der Waals surface area contributed by atoms with Gasteiger partial charge in [-0.05, 0) is 56.3 Å². The van der Waals surface area contributed by atoms with Crippen molar-refractivity contribution in [2.75, 3.05) is 5.32 Å². The van der Waals surface area contributed by atoms with Crippen molar-refractivity contribution in [2.45, 2.75) is 38.5 Å². The molecule has 4 aliphatic carbocycles. The molecule has 4 saturated carbocycles. The first-order valence-electron chi connectivity index (χ1n) is 9.40. The average Bonchev–Trinajstić information content (AvgIpc) is 3.09. The molecule has 0 spiro atoms. The van der Waals surface area contributed by atoms with E-state index in [-0.39, 0.29) is 17.0 Å². The molecule has 7 nitrogen and oxygen atoms in total. The number of non-ortho nitro benzene ring substituents is 1. The summed E-state index contributed by atoms with van der Waals surface area (Å²) in [5.74, 6) is 2.20. The predicted octanol–water partition coefficient (Wildman–Crippen LogP) is 4.27. The van der Waals surface area contributed by atoms with Gasteiger partial charge < -0.3 is 5.32 Å². The summed E-state index contributed by atoms with van der Waals surface area (Å²) in [5, 5.41) is 23.2. The standard InChI is InChI=1S/C19H20N4O3S/c24-17(19-8-11-4-12(9-19)6-13(5-11)10-19)20-18-22-21-16(27-18)14-2-1-3-15(7-14)23(25)26/h1-3,7,11-13H,4-6,8-10H2,(H,20,22,24). The van der Waals surface area contributed by atoms with Crippen molar-refractivity contribution in [3.05, 3.63) is 34.4 Å². The highest BCUT2D eigenvalue weighted by molar-refractivity contribution is 7.18. The smallest absolute Gasteiger partial charge is 0.270 e. The first-order chi connectivity index (χ1) is 13.0. The summed E-state index contributed by atoms with van der Waals surface area (Å²) in [6.07, 6.45) is 6.89. The summed E-state index contributed by atoms with van der Waals surface area (Å²) < 4.78 is 0. The molecule has 1 aromatic carbocycles. The molecule has 4 aliphatic rings. The minimum atomic E-state index is -0.430. The van der Waals surface area contributed by atoms with E-state index in [4.69, 9.17) is 0 Å². The summed E-state index contributed by atoms with van der Waals surface area (Å²) in [4.78, 5) is 23.6. The van der Waals surface area contributed by atoms with E-state index in [1.165, 1.54) is 42.7 Å². The number of carbonyl (C=O) groups is 1. The second-order valence-electron chi connectivity index (χ2n) is 8.37. The summed E-state index contributed by atoms with van der Waals surface area (Å²) >= 11 is 1.26. The lowest BCUT2D eigenvalue weighted by Crippen LogP contribution is -2.51. The fraction of sp³-hybridized carbons (Fsp3) is 0.526. The van der Waals surface area contributed by atoms with Crippen molar-refractivity contribution in [3.8, 4) is 10.6 Å². The first-order valence-corrected chi connectivity index (χ1v) is 10.2. The minimum absolute atomic E-state index is 0.0156. The van der Waals surface area contributed by atoms with Gasteiger partial charge in [-0.3, -0.25) is 14.9 Å². The number of benzene rings is 1. The molecule has 1 amide bonds. The third-order valence-electron chi connectivity index (χ3n) is 6.47. The van der Waals surface area contributed by atoms with Crippen LogP contribution in [0, 0.1) is 33.3 Å². The topological polar surface area (TPSA) is 98.0 Å². The van der Waals surface area contributed by atoms with Crippen LogP contribution in [0.25, 0.3) is 10.6 Å². The molecule has 8 heteroatoms. The fourth-order valence-electron chi connectivity index (χ4n) is 5.76. The number of carbonyl (C=O) groups excluding carboxylic acids is 1. The zero-order chi connectivity index (χ0) is 18.6. The van der Waals surface area contributed by atoms with Crippen molar-refractivity contribution in [1.82, 2.24) is 10.2 Å². The van der Waals surface area contributed by atoms with Gasteiger partial charge in [-0.25, -0.2) is 0 Å². The second kappa shape index (κ2) is 6.09. The van der Waals surface area contributed by atoms with Crippen LogP contribution in [0.4, 0.5) is 10.8 Å². The van der Waals surface area contributed by atoms with Crippen LogP contribution in [0.5, 0.6) is 0 Å². The van der Waals surface area contributed by atoms with E-state index in [1.807, 2.05) is 0 Å². The van der Waals surface area contributed by atoms with E-state index in [1.54, 1.807) is 12.1 Å². The Hall–Kier alpha value is -2.35. The third-order valence-corrected chi connectivity index (χ3v) is 7.36. The highest BCUT2D eigenvalue weighted by Crippen LogP contribution is 2.60. The Morgan fingerprint density at radius 3 is 2.44 bits per heavy atom. The van der Waals surface area contributed by atoms with E-state index in [2.05, 4.69) is 15.5 Å². The molecule has 0 radical (unpaired) electrons. The van der Waals surface area contributed by atoms with Crippen LogP contribution in [0.1, 0.15) is 38.5 Å². The quantitative estimate of drug-likeness (QED) is 0.627. The molecule has 27 heavy (non-hydrogen) atoms. The molecule has 4 fully saturated rings. The van der Waals surface area contributed by atoms with Crippen LogP contribution in [-0.4, -0.2) is 21.0 Å². The molecule has 6 rings (SSSR count). The molecule has 0 aliphatic heterocycles. The third kappa shape index (κ3) is 2.92. The number of nitrogens with one attached hydrogen (secondary N) is 1. The lowest BCUT2D eigenvalue weighted by atomic mass is 9.49. The maximum absolute atomic E-state index is 13.1. The van der Waals surface area contributed by atoms with E-state index in [0.717, 1.165) is 19.3 Å². The van der Waals surface area contributed by atoms with Crippen LogP contribution in [0.15, 0.2) is 24.3 Å². The lowest BCUT2D eigenvalue weighted by molar-refractivity contribution is -0.384. The van der Waals surface area contributed by atoms with E-state index in [9.17, 15) is 14.9 Å². The second-order valence-corrected chi connectivity index (χ2v) is 9.35. The Morgan fingerprint density at radius 2 is 1.81 bits per heavy atom. The van der Waals surface area contributed by atoms with Crippen LogP contribution in [-0.2, 0) is 4.79 Å². The molecule has 4 bridgehead atoms. The Labute approximate surface area is 160 Å². The summed E-state index contributed by atoms with van der Waals surface area (Å²) in [7, 11) is 0. The van der Waals surface area contributed by atoms with E-state index in [0.29, 0.717) is 33.5 Å². The van der Waals surface area contributed by atoms with Gasteiger partial charge in [0.1, 0.15) is 5.01 Å². The van der Waals surface area contributed by atoms with Crippen LogP contribution in [0.3, 0.4) is 0 Å². The number of hydrogen-bond acceptors (Lipinski definition) is 6. The van der Waals surface area contributed by atoms with Gasteiger partial charge in [-0.1, -0.05) is 23.5 Å². The number of amides is 1. The lowest BCUT2D eigenvalue weighted by Gasteiger charge is -2.55. The van der Waals surface area contributed by atoms with Gasteiger partial charge in [0.2, 0.25) is 11.0 Å². The Balaban J connectivity index is 1.34. The summed E-state index contributed by atoms with van der Waals surface area (Å²) in [6.45, 7) is 0. The number of nitrogens with zero attached hydrogens (tertiary/aromatic N) is 3. The SMILES string of the molecule is O=C(Nc1nnc(-c2cccc([N+](=O)[O-])c2)s1)C12CC3CC(CC(C3)C1)C2. The molecule has 140 valence electrons. The van der Waals surface area contributed by atoms with Gasteiger partial charge in [0.05, 0.1) is 10.3 Å². The molecule has 1 aromatic heterocycles. The zero-order valence-corrected chi connectivity index (χ0v) is 15.6. The number of rotatable bonds is 4. The zero-order valence-electron chi connectivity index (χ0n) is 14.8. The molecule has 1 N–H and O–H groups in total. The highest BCUT2D eigenvalue weighted by Gasteiger charge is 2.54. The van der Waals surface area contributed by atoms with Crippen molar-refractivity contribution in [1.29, 1.82) is 0 Å². The molecular formula is C19H20N4O3S. The van der Waals surface area contributed by atoms with Crippen molar-refractivity contribution >= 4 is 28.1 Å². The molecule has 1 heterocycles. The fourth-order valence-corrected chi connectivity index (χ4v) is 6.50. The van der Waals surface area contributed by atoms with Crippen molar-refractivity contribution in [2.24, 2.45) is 23.2 Å². The maximum atomic E-state index is 13.1. The van der Waals surface area contributed by atoms with Crippen LogP contribution >= 0.6 is 11.3 Å². The van der Waals surface area contributed by atoms with Gasteiger partial charge in [-0.15, -0.1) is 10.2 Å². The number of hydrogen-bond donors (Lipinski definition) is 1. The Kier molecular flexibility index (Phi) is 3.79. The van der Waals surface area contributed by atoms with Gasteiger partial charge in [0, 0.05) is 17.7 Å². The highest BCUT2D eigenvalue weighted by atomic mass is 32.1. The molecule has 0 saturated heterocycles. The van der Waals surface area contributed by atoms with Gasteiger partial charge in [-0.2, -0.15) is 0 Å². The van der Waals surface area contributed by atoms with Crippen LogP contribution < -0.4 is 5.32 Å². The van der Waals surface area contributed by atoms with Gasteiger partial charge >= 0.3 is 0 Å². The summed E-state index contributed by atoms with van der Waals surface area (Å²) in [5.41, 5.74) is 0.422.